The highest BCUT2D eigenvalue weighted by Gasteiger charge is 2.28. The Bertz CT molecular complexity index is 306. The summed E-state index contributed by atoms with van der Waals surface area (Å²) in [6, 6.07) is 0. The first-order valence-corrected chi connectivity index (χ1v) is 7.92. The van der Waals surface area contributed by atoms with Crippen LogP contribution in [0.2, 0.25) is 0 Å². The van der Waals surface area contributed by atoms with Gasteiger partial charge < -0.3 is 5.73 Å². The van der Waals surface area contributed by atoms with Crippen molar-refractivity contribution in [2.24, 2.45) is 16.6 Å². The fourth-order valence-corrected chi connectivity index (χ4v) is 3.51. The maximum Gasteiger partial charge on any atom is 0.212 e. The van der Waals surface area contributed by atoms with Crippen LogP contribution in [-0.2, 0) is 10.0 Å². The molecule has 0 aromatic rings. The first-order chi connectivity index (χ1) is 7.60. The second-order valence-corrected chi connectivity index (χ2v) is 7.86. The van der Waals surface area contributed by atoms with E-state index >= 15 is 0 Å². The van der Waals surface area contributed by atoms with Gasteiger partial charge in [0.2, 0.25) is 10.0 Å². The Morgan fingerprint density at radius 3 is 1.88 bits per heavy atom. The Balaban J connectivity index is 4.55. The van der Waals surface area contributed by atoms with Crippen molar-refractivity contribution in [3.8, 4) is 0 Å². The molecule has 0 aliphatic rings. The number of nitrogens with one attached hydrogen (secondary N) is 1. The third-order valence-corrected chi connectivity index (χ3v) is 5.05. The summed E-state index contributed by atoms with van der Waals surface area (Å²) in [5, 5.41) is 0. The van der Waals surface area contributed by atoms with Gasteiger partial charge in [0.05, 0.1) is 5.75 Å². The molecule has 104 valence electrons. The molecule has 17 heavy (non-hydrogen) atoms. The third kappa shape index (κ3) is 6.38. The van der Waals surface area contributed by atoms with Crippen molar-refractivity contribution in [3.63, 3.8) is 0 Å². The normalized spacial score (nSPS) is 14.0. The van der Waals surface area contributed by atoms with Gasteiger partial charge in [0.25, 0.3) is 0 Å². The standard InChI is InChI=1S/C12H28N2O2S/c1-6-12(7-2,8-13)9-14-17(15,16)10-11(3,4)5/h14H,6-10,13H2,1-5H3. The summed E-state index contributed by atoms with van der Waals surface area (Å²) in [6.45, 7) is 10.8. The summed E-state index contributed by atoms with van der Waals surface area (Å²) in [5.74, 6) is 0.147. The molecule has 0 saturated heterocycles. The molecular formula is C12H28N2O2S. The van der Waals surface area contributed by atoms with Crippen molar-refractivity contribution < 1.29 is 8.42 Å². The Morgan fingerprint density at radius 1 is 1.12 bits per heavy atom. The summed E-state index contributed by atoms with van der Waals surface area (Å²) in [6.07, 6.45) is 1.77. The Morgan fingerprint density at radius 2 is 1.59 bits per heavy atom. The van der Waals surface area contributed by atoms with Crippen LogP contribution in [0, 0.1) is 10.8 Å². The Kier molecular flexibility index (Phi) is 6.11. The number of nitrogens with two attached hydrogens (primary N) is 1. The van der Waals surface area contributed by atoms with Gasteiger partial charge in [0.1, 0.15) is 0 Å². The van der Waals surface area contributed by atoms with Crippen LogP contribution in [0.4, 0.5) is 0 Å². The van der Waals surface area contributed by atoms with Gasteiger partial charge >= 0.3 is 0 Å². The Labute approximate surface area is 106 Å². The predicted molar refractivity (Wildman–Crippen MR) is 73.3 cm³/mol. The second-order valence-electron chi connectivity index (χ2n) is 6.05. The molecule has 0 aromatic heterocycles. The largest absolute Gasteiger partial charge is 0.330 e. The van der Waals surface area contributed by atoms with Crippen LogP contribution in [0.3, 0.4) is 0 Å². The van der Waals surface area contributed by atoms with Crippen molar-refractivity contribution in [2.75, 3.05) is 18.8 Å². The second kappa shape index (κ2) is 6.16. The molecule has 0 unspecified atom stereocenters. The number of hydrogen-bond donors (Lipinski definition) is 2. The molecule has 0 atom stereocenters. The zero-order chi connectivity index (χ0) is 13.7. The lowest BCUT2D eigenvalue weighted by Crippen LogP contribution is -2.43. The van der Waals surface area contributed by atoms with Gasteiger partial charge in [-0.1, -0.05) is 34.6 Å². The summed E-state index contributed by atoms with van der Waals surface area (Å²) in [5.41, 5.74) is 5.42. The van der Waals surface area contributed by atoms with Crippen LogP contribution in [0.15, 0.2) is 0 Å². The van der Waals surface area contributed by atoms with E-state index in [-0.39, 0.29) is 16.6 Å². The minimum atomic E-state index is -3.21. The van der Waals surface area contributed by atoms with E-state index in [0.29, 0.717) is 13.1 Å². The van der Waals surface area contributed by atoms with Crippen LogP contribution < -0.4 is 10.5 Å². The molecule has 0 aliphatic carbocycles. The van der Waals surface area contributed by atoms with Gasteiger partial charge in [0, 0.05) is 6.54 Å². The SMILES string of the molecule is CCC(CC)(CN)CNS(=O)(=O)CC(C)(C)C. The van der Waals surface area contributed by atoms with Crippen LogP contribution in [-0.4, -0.2) is 27.3 Å². The average molecular weight is 264 g/mol. The van der Waals surface area contributed by atoms with Gasteiger partial charge in [-0.05, 0) is 30.2 Å². The highest BCUT2D eigenvalue weighted by atomic mass is 32.2. The monoisotopic (exact) mass is 264 g/mol. The first kappa shape index (κ1) is 16.9. The Hall–Kier alpha value is -0.130. The lowest BCUT2D eigenvalue weighted by atomic mass is 9.83. The molecular weight excluding hydrogens is 236 g/mol. The van der Waals surface area contributed by atoms with Crippen molar-refractivity contribution in [1.82, 2.24) is 4.72 Å². The minimum Gasteiger partial charge on any atom is -0.330 e. The van der Waals surface area contributed by atoms with Crippen LogP contribution in [0.5, 0.6) is 0 Å². The van der Waals surface area contributed by atoms with E-state index in [9.17, 15) is 8.42 Å². The highest BCUT2D eigenvalue weighted by molar-refractivity contribution is 7.89. The van der Waals surface area contributed by atoms with Crippen molar-refractivity contribution in [1.29, 1.82) is 0 Å². The van der Waals surface area contributed by atoms with Gasteiger partial charge in [-0.2, -0.15) is 0 Å². The smallest absolute Gasteiger partial charge is 0.212 e. The first-order valence-electron chi connectivity index (χ1n) is 6.27. The van der Waals surface area contributed by atoms with Crippen molar-refractivity contribution in [2.45, 2.75) is 47.5 Å². The van der Waals surface area contributed by atoms with E-state index in [4.69, 9.17) is 5.73 Å². The van der Waals surface area contributed by atoms with Crippen molar-refractivity contribution in [3.05, 3.63) is 0 Å². The maximum atomic E-state index is 11.9. The summed E-state index contributed by atoms with van der Waals surface area (Å²) < 4.78 is 26.5. The summed E-state index contributed by atoms with van der Waals surface area (Å²) in [7, 11) is -3.21. The lowest BCUT2D eigenvalue weighted by molar-refractivity contribution is 0.274. The molecule has 0 radical (unpaired) electrons. The molecule has 5 heteroatoms. The molecule has 0 bridgehead atoms. The number of rotatable bonds is 7. The molecule has 4 nitrogen and oxygen atoms in total. The predicted octanol–water partition coefficient (Wildman–Crippen LogP) is 1.72. The van der Waals surface area contributed by atoms with Crippen LogP contribution in [0.25, 0.3) is 0 Å². The van der Waals surface area contributed by atoms with Gasteiger partial charge in [0.15, 0.2) is 0 Å². The topological polar surface area (TPSA) is 72.2 Å². The fourth-order valence-electron chi connectivity index (χ4n) is 1.74. The molecule has 0 spiro atoms. The minimum absolute atomic E-state index is 0.106. The maximum absolute atomic E-state index is 11.9. The van der Waals surface area contributed by atoms with Crippen molar-refractivity contribution >= 4 is 10.0 Å². The lowest BCUT2D eigenvalue weighted by Gasteiger charge is -2.30. The van der Waals surface area contributed by atoms with E-state index < -0.39 is 10.0 Å². The quantitative estimate of drug-likeness (QED) is 0.735. The van der Waals surface area contributed by atoms with Crippen LogP contribution in [0.1, 0.15) is 47.5 Å². The van der Waals surface area contributed by atoms with Crippen LogP contribution >= 0.6 is 0 Å². The zero-order valence-corrected chi connectivity index (χ0v) is 12.7. The summed E-state index contributed by atoms with van der Waals surface area (Å²) in [4.78, 5) is 0. The number of sulfonamides is 1. The van der Waals surface area contributed by atoms with E-state index in [1.165, 1.54) is 0 Å². The van der Waals surface area contributed by atoms with Gasteiger partial charge in [-0.25, -0.2) is 13.1 Å². The molecule has 3 N–H and O–H groups in total. The number of hydrogen-bond acceptors (Lipinski definition) is 3. The molecule has 0 rings (SSSR count). The zero-order valence-electron chi connectivity index (χ0n) is 11.8. The van der Waals surface area contributed by atoms with E-state index in [1.807, 2.05) is 20.8 Å². The molecule has 0 heterocycles. The molecule has 0 aliphatic heterocycles. The molecule has 0 aromatic carbocycles. The summed E-state index contributed by atoms with van der Waals surface area (Å²) >= 11 is 0. The molecule has 0 fully saturated rings. The fraction of sp³-hybridized carbons (Fsp3) is 1.00. The van der Waals surface area contributed by atoms with E-state index in [2.05, 4.69) is 18.6 Å². The van der Waals surface area contributed by atoms with Gasteiger partial charge in [-0.15, -0.1) is 0 Å². The van der Waals surface area contributed by atoms with E-state index in [0.717, 1.165) is 12.8 Å². The van der Waals surface area contributed by atoms with E-state index in [1.54, 1.807) is 0 Å². The van der Waals surface area contributed by atoms with Gasteiger partial charge in [-0.3, -0.25) is 0 Å². The third-order valence-electron chi connectivity index (χ3n) is 3.22. The highest BCUT2D eigenvalue weighted by Crippen LogP contribution is 2.24. The average Bonchev–Trinajstić information content (AvgIpc) is 2.17. The molecule has 0 amide bonds. The molecule has 0 saturated carbocycles.